The van der Waals surface area contributed by atoms with Crippen molar-refractivity contribution < 1.29 is 24.1 Å². The van der Waals surface area contributed by atoms with E-state index in [9.17, 15) is 9.59 Å². The van der Waals surface area contributed by atoms with Crippen LogP contribution in [0.1, 0.15) is 39.5 Å². The Morgan fingerprint density at radius 3 is 2.75 bits per heavy atom. The average molecular weight is 282 g/mol. The van der Waals surface area contributed by atoms with E-state index in [2.05, 4.69) is 13.8 Å². The first kappa shape index (κ1) is 14.0. The molecule has 0 N–H and O–H groups in total. The molecule has 1 spiro atoms. The number of carbonyl (C=O) groups excluding carboxylic acids is 2. The van der Waals surface area contributed by atoms with E-state index in [1.807, 2.05) is 0 Å². The largest absolute Gasteiger partial charge is 0.468 e. The Morgan fingerprint density at radius 2 is 2.10 bits per heavy atom. The average Bonchev–Trinajstić information content (AvgIpc) is 2.79. The molecule has 20 heavy (non-hydrogen) atoms. The molecule has 2 aliphatic carbocycles. The molecule has 3 aliphatic rings. The molecule has 5 heteroatoms. The number of esters is 1. The third-order valence-electron chi connectivity index (χ3n) is 5.03. The third kappa shape index (κ3) is 2.17. The van der Waals surface area contributed by atoms with Crippen LogP contribution >= 0.6 is 0 Å². The van der Waals surface area contributed by atoms with Gasteiger partial charge in [-0.3, -0.25) is 9.59 Å². The van der Waals surface area contributed by atoms with Crippen LogP contribution in [0.2, 0.25) is 0 Å². The van der Waals surface area contributed by atoms with Crippen molar-refractivity contribution in [2.24, 2.45) is 23.2 Å². The lowest BCUT2D eigenvalue weighted by molar-refractivity contribution is -0.404. The zero-order valence-corrected chi connectivity index (χ0v) is 12.3. The van der Waals surface area contributed by atoms with Gasteiger partial charge in [-0.25, -0.2) is 9.78 Å². The van der Waals surface area contributed by atoms with E-state index in [4.69, 9.17) is 14.5 Å². The molecular weight excluding hydrogens is 260 g/mol. The standard InChI is InChI=1S/C15H22O5/c1-14(2)7-15(20-19-8-14)5-9-4-11(16)12(10(9)6-15)13(17)18-3/h9-10,12H,4-8H2,1-3H3/t9-,10+,12?,15?/m0/s1. The minimum atomic E-state index is -0.599. The van der Waals surface area contributed by atoms with Crippen LogP contribution in [0.15, 0.2) is 0 Å². The Labute approximate surface area is 118 Å². The lowest BCUT2D eigenvalue weighted by Gasteiger charge is -2.41. The Kier molecular flexibility index (Phi) is 3.18. The molecule has 0 aromatic rings. The van der Waals surface area contributed by atoms with Crippen LogP contribution in [0, 0.1) is 23.2 Å². The lowest BCUT2D eigenvalue weighted by atomic mass is 9.77. The summed E-state index contributed by atoms with van der Waals surface area (Å²) >= 11 is 0. The van der Waals surface area contributed by atoms with E-state index in [0.29, 0.717) is 19.4 Å². The molecule has 5 nitrogen and oxygen atoms in total. The minimum absolute atomic E-state index is 0.0256. The number of rotatable bonds is 1. The fourth-order valence-electron chi connectivity index (χ4n) is 4.46. The van der Waals surface area contributed by atoms with Crippen molar-refractivity contribution in [2.75, 3.05) is 13.7 Å². The van der Waals surface area contributed by atoms with Crippen molar-refractivity contribution in [3.8, 4) is 0 Å². The van der Waals surface area contributed by atoms with E-state index >= 15 is 0 Å². The highest BCUT2D eigenvalue weighted by Crippen LogP contribution is 2.56. The molecule has 1 heterocycles. The third-order valence-corrected chi connectivity index (χ3v) is 5.03. The van der Waals surface area contributed by atoms with Gasteiger partial charge in [0, 0.05) is 6.42 Å². The van der Waals surface area contributed by atoms with E-state index < -0.39 is 11.9 Å². The molecule has 0 amide bonds. The zero-order chi connectivity index (χ0) is 14.5. The van der Waals surface area contributed by atoms with Crippen molar-refractivity contribution >= 4 is 11.8 Å². The van der Waals surface area contributed by atoms with Crippen molar-refractivity contribution in [3.05, 3.63) is 0 Å². The monoisotopic (exact) mass is 282 g/mol. The highest BCUT2D eigenvalue weighted by molar-refractivity contribution is 6.01. The predicted molar refractivity (Wildman–Crippen MR) is 69.5 cm³/mol. The van der Waals surface area contributed by atoms with Crippen LogP contribution in [0.5, 0.6) is 0 Å². The van der Waals surface area contributed by atoms with Gasteiger partial charge >= 0.3 is 5.97 Å². The summed E-state index contributed by atoms with van der Waals surface area (Å²) in [6.07, 6.45) is 2.90. The number of methoxy groups -OCH3 is 1. The molecule has 112 valence electrons. The number of ketones is 1. The molecule has 0 radical (unpaired) electrons. The van der Waals surface area contributed by atoms with Gasteiger partial charge in [0.05, 0.1) is 13.7 Å². The summed E-state index contributed by atoms with van der Waals surface area (Å²) in [5.41, 5.74) is -0.258. The Bertz CT molecular complexity index is 436. The van der Waals surface area contributed by atoms with Gasteiger partial charge in [-0.05, 0) is 36.5 Å². The molecule has 2 unspecified atom stereocenters. The second-order valence-corrected chi connectivity index (χ2v) is 7.37. The molecule has 3 rings (SSSR count). The molecule has 0 aromatic carbocycles. The highest BCUT2D eigenvalue weighted by atomic mass is 17.2. The fraction of sp³-hybridized carbons (Fsp3) is 0.867. The van der Waals surface area contributed by atoms with Crippen LogP contribution < -0.4 is 0 Å². The second-order valence-electron chi connectivity index (χ2n) is 7.37. The topological polar surface area (TPSA) is 61.8 Å². The summed E-state index contributed by atoms with van der Waals surface area (Å²) in [6.45, 7) is 4.91. The number of fused-ring (bicyclic) bond motifs is 1. The fourth-order valence-corrected chi connectivity index (χ4v) is 4.46. The number of Topliss-reactive ketones (excluding diaryl/α,β-unsaturated/α-hetero) is 1. The first-order valence-electron chi connectivity index (χ1n) is 7.27. The van der Waals surface area contributed by atoms with Crippen LogP contribution in [0.25, 0.3) is 0 Å². The Balaban J connectivity index is 1.80. The first-order chi connectivity index (χ1) is 9.36. The molecular formula is C15H22O5. The van der Waals surface area contributed by atoms with Crippen molar-refractivity contribution in [3.63, 3.8) is 0 Å². The number of ether oxygens (including phenoxy) is 1. The quantitative estimate of drug-likeness (QED) is 0.417. The summed E-state index contributed by atoms with van der Waals surface area (Å²) in [5.74, 6) is -0.692. The van der Waals surface area contributed by atoms with Gasteiger partial charge in [0.25, 0.3) is 0 Å². The van der Waals surface area contributed by atoms with Crippen LogP contribution in [0.3, 0.4) is 0 Å². The molecule has 3 fully saturated rings. The Morgan fingerprint density at radius 1 is 1.35 bits per heavy atom. The zero-order valence-electron chi connectivity index (χ0n) is 12.3. The van der Waals surface area contributed by atoms with Gasteiger partial charge in [0.2, 0.25) is 0 Å². The molecule has 1 aliphatic heterocycles. The van der Waals surface area contributed by atoms with Gasteiger partial charge in [0.15, 0.2) is 0 Å². The molecule has 2 saturated carbocycles. The first-order valence-corrected chi connectivity index (χ1v) is 7.27. The summed E-state index contributed by atoms with van der Waals surface area (Å²) < 4.78 is 4.80. The van der Waals surface area contributed by atoms with Gasteiger partial charge in [0.1, 0.15) is 17.3 Å². The van der Waals surface area contributed by atoms with Crippen LogP contribution in [-0.4, -0.2) is 31.1 Å². The van der Waals surface area contributed by atoms with E-state index in [1.54, 1.807) is 0 Å². The van der Waals surface area contributed by atoms with Gasteiger partial charge in [-0.1, -0.05) is 13.8 Å². The van der Waals surface area contributed by atoms with E-state index in [-0.39, 0.29) is 28.6 Å². The minimum Gasteiger partial charge on any atom is -0.468 e. The van der Waals surface area contributed by atoms with E-state index in [0.717, 1.165) is 12.8 Å². The molecule has 1 saturated heterocycles. The summed E-state index contributed by atoms with van der Waals surface area (Å²) in [7, 11) is 1.34. The smallest absolute Gasteiger partial charge is 0.316 e. The lowest BCUT2D eigenvalue weighted by Crippen LogP contribution is -2.44. The maximum atomic E-state index is 12.0. The highest BCUT2D eigenvalue weighted by Gasteiger charge is 2.59. The summed E-state index contributed by atoms with van der Waals surface area (Å²) in [4.78, 5) is 34.8. The van der Waals surface area contributed by atoms with Gasteiger partial charge in [-0.15, -0.1) is 0 Å². The van der Waals surface area contributed by atoms with E-state index in [1.165, 1.54) is 7.11 Å². The SMILES string of the molecule is COC(=O)C1C(=O)C[C@H]2CC3(C[C@@H]12)CC(C)(C)COO3. The van der Waals surface area contributed by atoms with Gasteiger partial charge in [-0.2, -0.15) is 0 Å². The van der Waals surface area contributed by atoms with Crippen LogP contribution in [0.4, 0.5) is 0 Å². The number of hydrogen-bond donors (Lipinski definition) is 0. The maximum absolute atomic E-state index is 12.0. The molecule has 0 bridgehead atoms. The maximum Gasteiger partial charge on any atom is 0.316 e. The molecule has 0 aromatic heterocycles. The van der Waals surface area contributed by atoms with Gasteiger partial charge < -0.3 is 4.74 Å². The van der Waals surface area contributed by atoms with Crippen molar-refractivity contribution in [1.29, 1.82) is 0 Å². The number of carbonyl (C=O) groups is 2. The van der Waals surface area contributed by atoms with Crippen molar-refractivity contribution in [2.45, 2.75) is 45.1 Å². The second kappa shape index (κ2) is 4.53. The number of hydrogen-bond acceptors (Lipinski definition) is 5. The summed E-state index contributed by atoms with van der Waals surface area (Å²) in [5, 5.41) is 0. The van der Waals surface area contributed by atoms with Crippen LogP contribution in [-0.2, 0) is 24.1 Å². The van der Waals surface area contributed by atoms with Crippen molar-refractivity contribution in [1.82, 2.24) is 0 Å². The predicted octanol–water partition coefficient (Wildman–Crippen LogP) is 1.89. The summed E-state index contributed by atoms with van der Waals surface area (Å²) in [6, 6.07) is 0. The normalized spacial score (nSPS) is 42.8. The Hall–Kier alpha value is -0.940. The molecule has 4 atom stereocenters.